The number of rotatable bonds is 2. The van der Waals surface area contributed by atoms with Crippen LogP contribution >= 0.6 is 27.5 Å². The molecule has 1 aromatic heterocycles. The maximum Gasteiger partial charge on any atom is 0.222 e. The predicted molar refractivity (Wildman–Crippen MR) is 87.6 cm³/mol. The highest BCUT2D eigenvalue weighted by Gasteiger charge is 2.28. The van der Waals surface area contributed by atoms with Gasteiger partial charge in [-0.2, -0.15) is 0 Å². The fraction of sp³-hybridized carbons (Fsp3) is 0.467. The molecule has 4 nitrogen and oxygen atoms in total. The van der Waals surface area contributed by atoms with Crippen molar-refractivity contribution in [2.45, 2.75) is 31.2 Å². The molecule has 21 heavy (non-hydrogen) atoms. The van der Waals surface area contributed by atoms with Crippen LogP contribution in [0.15, 0.2) is 22.7 Å². The maximum atomic E-state index is 11.7. The van der Waals surface area contributed by atoms with Gasteiger partial charge in [0.05, 0.1) is 22.5 Å². The van der Waals surface area contributed by atoms with Crippen molar-refractivity contribution in [2.75, 3.05) is 13.6 Å². The molecule has 1 aromatic carbocycles. The van der Waals surface area contributed by atoms with Crippen LogP contribution in [0.5, 0.6) is 0 Å². The minimum absolute atomic E-state index is 0.167. The van der Waals surface area contributed by atoms with Crippen molar-refractivity contribution in [3.63, 3.8) is 0 Å². The molecule has 2 unspecified atom stereocenters. The van der Waals surface area contributed by atoms with Crippen LogP contribution in [0, 0.1) is 0 Å². The maximum absolute atomic E-state index is 11.7. The Morgan fingerprint density at radius 3 is 2.90 bits per heavy atom. The van der Waals surface area contributed by atoms with Gasteiger partial charge in [-0.15, -0.1) is 11.6 Å². The zero-order chi connectivity index (χ0) is 15.1. The number of hydrogen-bond acceptors (Lipinski definition) is 2. The second kappa shape index (κ2) is 5.61. The van der Waals surface area contributed by atoms with Crippen LogP contribution in [0.2, 0.25) is 0 Å². The lowest BCUT2D eigenvalue weighted by Crippen LogP contribution is -2.38. The van der Waals surface area contributed by atoms with E-state index in [1.54, 1.807) is 4.90 Å². The molecule has 0 aliphatic carbocycles. The molecular weight excluding hydrogens is 354 g/mol. The highest BCUT2D eigenvalue weighted by Crippen LogP contribution is 2.33. The van der Waals surface area contributed by atoms with Crippen molar-refractivity contribution in [2.24, 2.45) is 0 Å². The van der Waals surface area contributed by atoms with E-state index in [1.807, 2.05) is 26.1 Å². The lowest BCUT2D eigenvalue weighted by molar-refractivity contribution is -0.132. The number of carbonyl (C=O) groups is 1. The number of aromatic nitrogens is 2. The number of alkyl halides is 1. The third-order valence-electron chi connectivity index (χ3n) is 4.00. The van der Waals surface area contributed by atoms with Gasteiger partial charge < -0.3 is 9.47 Å². The Bertz CT molecular complexity index is 698. The second-order valence-electron chi connectivity index (χ2n) is 5.56. The van der Waals surface area contributed by atoms with Gasteiger partial charge in [0, 0.05) is 24.5 Å². The summed E-state index contributed by atoms with van der Waals surface area (Å²) in [6, 6.07) is 6.28. The largest absolute Gasteiger partial charge is 0.344 e. The summed E-state index contributed by atoms with van der Waals surface area (Å²) in [7, 11) is 1.85. The molecule has 3 rings (SSSR count). The van der Waals surface area contributed by atoms with Crippen LogP contribution in [-0.2, 0) is 4.79 Å². The molecule has 1 fully saturated rings. The van der Waals surface area contributed by atoms with Crippen LogP contribution in [0.25, 0.3) is 11.0 Å². The number of likely N-dealkylation sites (N-methyl/N-ethyl adjacent to an activating group) is 1. The average molecular weight is 371 g/mol. The number of benzene rings is 1. The minimum Gasteiger partial charge on any atom is -0.344 e. The topological polar surface area (TPSA) is 38.1 Å². The summed E-state index contributed by atoms with van der Waals surface area (Å²) < 4.78 is 3.23. The zero-order valence-electron chi connectivity index (χ0n) is 12.0. The summed E-state index contributed by atoms with van der Waals surface area (Å²) in [5, 5.41) is -0.167. The Morgan fingerprint density at radius 1 is 1.48 bits per heavy atom. The number of hydrogen-bond donors (Lipinski definition) is 0. The Balaban J connectivity index is 2.13. The van der Waals surface area contributed by atoms with Gasteiger partial charge in [-0.1, -0.05) is 15.9 Å². The third-order valence-corrected chi connectivity index (χ3v) is 4.69. The van der Waals surface area contributed by atoms with Gasteiger partial charge in [0.2, 0.25) is 5.91 Å². The number of amides is 1. The summed E-state index contributed by atoms with van der Waals surface area (Å²) in [4.78, 5) is 18.2. The third kappa shape index (κ3) is 2.69. The second-order valence-corrected chi connectivity index (χ2v) is 7.13. The number of halogens is 2. The Morgan fingerprint density at radius 2 is 2.24 bits per heavy atom. The SMILES string of the molecule is CC(Cl)c1nc2ccc(Br)cc2n1C1CCC(=O)N(C)C1. The molecule has 0 bridgehead atoms. The number of fused-ring (bicyclic) bond motifs is 1. The number of carbonyl (C=O) groups excluding carboxylic acids is 1. The molecule has 1 saturated heterocycles. The van der Waals surface area contributed by atoms with Gasteiger partial charge >= 0.3 is 0 Å². The molecular formula is C15H17BrClN3O. The van der Waals surface area contributed by atoms with Crippen molar-refractivity contribution in [3.05, 3.63) is 28.5 Å². The first kappa shape index (κ1) is 14.9. The van der Waals surface area contributed by atoms with Crippen molar-refractivity contribution >= 4 is 44.5 Å². The molecule has 1 amide bonds. The monoisotopic (exact) mass is 369 g/mol. The van der Waals surface area contributed by atoms with E-state index in [4.69, 9.17) is 11.6 Å². The smallest absolute Gasteiger partial charge is 0.222 e. The fourth-order valence-corrected chi connectivity index (χ4v) is 3.45. The predicted octanol–water partition coefficient (Wildman–Crippen LogP) is 3.89. The minimum atomic E-state index is -0.167. The first-order chi connectivity index (χ1) is 9.97. The van der Waals surface area contributed by atoms with Crippen LogP contribution in [0.4, 0.5) is 0 Å². The van der Waals surface area contributed by atoms with Crippen molar-refractivity contribution in [1.82, 2.24) is 14.5 Å². The van der Waals surface area contributed by atoms with Crippen molar-refractivity contribution in [3.8, 4) is 0 Å². The van der Waals surface area contributed by atoms with Crippen molar-refractivity contribution < 1.29 is 4.79 Å². The van der Waals surface area contributed by atoms with Crippen LogP contribution in [0.3, 0.4) is 0 Å². The molecule has 1 aliphatic rings. The highest BCUT2D eigenvalue weighted by atomic mass is 79.9. The normalized spacial score (nSPS) is 21.0. The Hall–Kier alpha value is -1.07. The van der Waals surface area contributed by atoms with Gasteiger partial charge in [-0.25, -0.2) is 4.98 Å². The van der Waals surface area contributed by atoms with Crippen LogP contribution in [0.1, 0.15) is 37.0 Å². The van der Waals surface area contributed by atoms with Gasteiger partial charge in [-0.05, 0) is 31.5 Å². The summed E-state index contributed by atoms with van der Waals surface area (Å²) in [6.07, 6.45) is 1.41. The number of likely N-dealkylation sites (tertiary alicyclic amines) is 1. The Labute approximate surface area is 137 Å². The molecule has 0 radical (unpaired) electrons. The molecule has 6 heteroatoms. The summed E-state index contributed by atoms with van der Waals surface area (Å²) in [5.74, 6) is 1.08. The molecule has 2 atom stereocenters. The number of piperidine rings is 1. The van der Waals surface area contributed by atoms with E-state index in [9.17, 15) is 4.79 Å². The fourth-order valence-electron chi connectivity index (χ4n) is 2.95. The highest BCUT2D eigenvalue weighted by molar-refractivity contribution is 9.10. The van der Waals surface area contributed by atoms with Crippen LogP contribution in [-0.4, -0.2) is 34.0 Å². The van der Waals surface area contributed by atoms with Gasteiger partial charge in [0.15, 0.2) is 0 Å². The lowest BCUT2D eigenvalue weighted by Gasteiger charge is -2.32. The molecule has 0 saturated carbocycles. The molecule has 112 valence electrons. The lowest BCUT2D eigenvalue weighted by atomic mass is 10.0. The quantitative estimate of drug-likeness (QED) is 0.752. The number of imidazole rings is 1. The summed E-state index contributed by atoms with van der Waals surface area (Å²) >= 11 is 9.85. The van der Waals surface area contributed by atoms with E-state index in [0.717, 1.165) is 27.8 Å². The van der Waals surface area contributed by atoms with Crippen molar-refractivity contribution in [1.29, 1.82) is 0 Å². The van der Waals surface area contributed by atoms with Gasteiger partial charge in [0.1, 0.15) is 5.82 Å². The number of nitrogens with zero attached hydrogens (tertiary/aromatic N) is 3. The standard InChI is InChI=1S/C15H17BrClN3O/c1-9(17)15-18-12-5-3-10(16)7-13(12)20(15)11-4-6-14(21)19(2)8-11/h3,5,7,9,11H,4,6,8H2,1-2H3. The average Bonchev–Trinajstić information content (AvgIpc) is 2.80. The zero-order valence-corrected chi connectivity index (χ0v) is 14.4. The van der Waals surface area contributed by atoms with E-state index >= 15 is 0 Å². The summed E-state index contributed by atoms with van der Waals surface area (Å²) in [5.41, 5.74) is 2.01. The van der Waals surface area contributed by atoms with E-state index < -0.39 is 0 Å². The van der Waals surface area contributed by atoms with E-state index in [2.05, 4.69) is 31.5 Å². The molecule has 2 aromatic rings. The molecule has 1 aliphatic heterocycles. The van der Waals surface area contributed by atoms with E-state index in [0.29, 0.717) is 13.0 Å². The molecule has 0 spiro atoms. The van der Waals surface area contributed by atoms with Gasteiger partial charge in [0.25, 0.3) is 0 Å². The van der Waals surface area contributed by atoms with Gasteiger partial charge in [-0.3, -0.25) is 4.79 Å². The van der Waals surface area contributed by atoms with E-state index in [1.165, 1.54) is 0 Å². The summed E-state index contributed by atoms with van der Waals surface area (Å²) in [6.45, 7) is 2.64. The first-order valence-electron chi connectivity index (χ1n) is 7.03. The molecule has 2 heterocycles. The Kier molecular flexibility index (Phi) is 3.97. The molecule has 0 N–H and O–H groups in total. The van der Waals surface area contributed by atoms with Crippen LogP contribution < -0.4 is 0 Å². The van der Waals surface area contributed by atoms with E-state index in [-0.39, 0.29) is 17.3 Å². The first-order valence-corrected chi connectivity index (χ1v) is 8.25.